The lowest BCUT2D eigenvalue weighted by molar-refractivity contribution is -0.137. The van der Waals surface area contributed by atoms with Crippen molar-refractivity contribution in [2.75, 3.05) is 46.6 Å². The van der Waals surface area contributed by atoms with E-state index in [0.717, 1.165) is 31.9 Å². The number of nitrogens with one attached hydrogen (secondary N) is 2. The Morgan fingerprint density at radius 2 is 2.14 bits per heavy atom. The van der Waals surface area contributed by atoms with Gasteiger partial charge in [0.1, 0.15) is 11.6 Å². The first kappa shape index (κ1) is 23.5. The molecule has 164 valence electrons. The minimum absolute atomic E-state index is 0.0483. The average molecular weight is 439 g/mol. The van der Waals surface area contributed by atoms with Crippen molar-refractivity contribution in [3.8, 4) is 5.88 Å². The third-order valence-corrected chi connectivity index (χ3v) is 4.35. The van der Waals surface area contributed by atoms with E-state index in [9.17, 15) is 13.2 Å². The minimum atomic E-state index is -4.50. The zero-order valence-electron chi connectivity index (χ0n) is 16.2. The lowest BCUT2D eigenvalue weighted by Gasteiger charge is -2.14. The predicted molar refractivity (Wildman–Crippen MR) is 104 cm³/mol. The van der Waals surface area contributed by atoms with E-state index >= 15 is 0 Å². The molecule has 1 atom stereocenters. The highest BCUT2D eigenvalue weighted by Crippen LogP contribution is 2.32. The van der Waals surface area contributed by atoms with Gasteiger partial charge in [0.05, 0.1) is 24.8 Å². The summed E-state index contributed by atoms with van der Waals surface area (Å²) in [6, 6.07) is 0.790. The molecule has 0 aliphatic carbocycles. The van der Waals surface area contributed by atoms with Gasteiger partial charge >= 0.3 is 6.18 Å². The van der Waals surface area contributed by atoms with E-state index in [1.807, 2.05) is 0 Å². The Labute approximate surface area is 173 Å². The summed E-state index contributed by atoms with van der Waals surface area (Å²) in [5.41, 5.74) is -0.919. The van der Waals surface area contributed by atoms with Gasteiger partial charge < -0.3 is 24.8 Å². The molecule has 2 heterocycles. The van der Waals surface area contributed by atoms with Gasteiger partial charge in [-0.1, -0.05) is 11.6 Å². The Balaban J connectivity index is 1.57. The minimum Gasteiger partial charge on any atom is -0.475 e. The maximum absolute atomic E-state index is 12.6. The molecule has 0 aromatic carbocycles. The molecule has 7 nitrogen and oxygen atoms in total. The van der Waals surface area contributed by atoms with Gasteiger partial charge in [0.15, 0.2) is 5.96 Å². The molecule has 2 N–H and O–H groups in total. The normalized spacial score (nSPS) is 17.4. The second-order valence-corrected chi connectivity index (χ2v) is 6.75. The Kier molecular flexibility index (Phi) is 9.75. The molecule has 0 radical (unpaired) electrons. The molecule has 1 aliphatic rings. The highest BCUT2D eigenvalue weighted by atomic mass is 35.5. The van der Waals surface area contributed by atoms with Crippen molar-refractivity contribution in [3.63, 3.8) is 0 Å². The monoisotopic (exact) mass is 438 g/mol. The molecule has 29 heavy (non-hydrogen) atoms. The van der Waals surface area contributed by atoms with Crippen molar-refractivity contribution in [1.82, 2.24) is 15.6 Å². The maximum atomic E-state index is 12.6. The van der Waals surface area contributed by atoms with Gasteiger partial charge in [0, 0.05) is 33.0 Å². The topological polar surface area (TPSA) is 77.0 Å². The summed E-state index contributed by atoms with van der Waals surface area (Å²) < 4.78 is 54.2. The van der Waals surface area contributed by atoms with Crippen LogP contribution in [0, 0.1) is 0 Å². The average Bonchev–Trinajstić information content (AvgIpc) is 3.19. The van der Waals surface area contributed by atoms with Crippen LogP contribution < -0.4 is 15.4 Å². The van der Waals surface area contributed by atoms with Crippen LogP contribution in [0.3, 0.4) is 0 Å². The summed E-state index contributed by atoms with van der Waals surface area (Å²) in [7, 11) is 1.64. The molecule has 1 aromatic heterocycles. The van der Waals surface area contributed by atoms with Crippen molar-refractivity contribution in [3.05, 3.63) is 22.8 Å². The number of ether oxygens (including phenoxy) is 3. The summed E-state index contributed by atoms with van der Waals surface area (Å²) in [5, 5.41) is 5.98. The summed E-state index contributed by atoms with van der Waals surface area (Å²) in [4.78, 5) is 7.70. The first-order chi connectivity index (χ1) is 13.9. The Morgan fingerprint density at radius 1 is 1.34 bits per heavy atom. The fraction of sp³-hybridized carbons (Fsp3) is 0.667. The van der Waals surface area contributed by atoms with Crippen molar-refractivity contribution in [2.45, 2.75) is 31.5 Å². The van der Waals surface area contributed by atoms with Crippen LogP contribution in [0.15, 0.2) is 17.3 Å². The van der Waals surface area contributed by atoms with Gasteiger partial charge in [-0.25, -0.2) is 4.98 Å². The number of hydrogen-bond donors (Lipinski definition) is 2. The molecule has 1 aliphatic heterocycles. The number of nitrogens with zero attached hydrogens (tertiary/aromatic N) is 2. The molecular formula is C18H26ClF3N4O3. The molecule has 0 amide bonds. The van der Waals surface area contributed by atoms with Crippen molar-refractivity contribution in [1.29, 1.82) is 0 Å². The number of aliphatic imine (C=N–C) groups is 1. The highest BCUT2D eigenvalue weighted by Gasteiger charge is 2.31. The van der Waals surface area contributed by atoms with E-state index in [1.165, 1.54) is 0 Å². The van der Waals surface area contributed by atoms with E-state index in [4.69, 9.17) is 25.8 Å². The van der Waals surface area contributed by atoms with Crippen molar-refractivity contribution in [2.24, 2.45) is 4.99 Å². The molecule has 0 spiro atoms. The van der Waals surface area contributed by atoms with Crippen LogP contribution in [0.1, 0.15) is 24.8 Å². The van der Waals surface area contributed by atoms with E-state index in [-0.39, 0.29) is 23.6 Å². The molecular weight excluding hydrogens is 413 g/mol. The van der Waals surface area contributed by atoms with Gasteiger partial charge in [0.2, 0.25) is 5.88 Å². The van der Waals surface area contributed by atoms with Crippen LogP contribution >= 0.6 is 11.6 Å². The highest BCUT2D eigenvalue weighted by molar-refractivity contribution is 6.31. The molecule has 1 saturated heterocycles. The maximum Gasteiger partial charge on any atom is 0.417 e. The first-order valence-electron chi connectivity index (χ1n) is 9.39. The van der Waals surface area contributed by atoms with Crippen LogP contribution in [0.5, 0.6) is 5.88 Å². The smallest absolute Gasteiger partial charge is 0.417 e. The predicted octanol–water partition coefficient (Wildman–Crippen LogP) is 2.88. The van der Waals surface area contributed by atoms with Gasteiger partial charge in [-0.2, -0.15) is 13.2 Å². The fourth-order valence-corrected chi connectivity index (χ4v) is 2.82. The fourth-order valence-electron chi connectivity index (χ4n) is 2.60. The number of alkyl halides is 3. The lowest BCUT2D eigenvalue weighted by Crippen LogP contribution is -2.40. The molecule has 2 rings (SSSR count). The van der Waals surface area contributed by atoms with Gasteiger partial charge in [0.25, 0.3) is 0 Å². The van der Waals surface area contributed by atoms with E-state index in [1.54, 1.807) is 7.05 Å². The summed E-state index contributed by atoms with van der Waals surface area (Å²) >= 11 is 5.79. The van der Waals surface area contributed by atoms with Crippen LogP contribution in [-0.2, 0) is 15.7 Å². The Hall–Kier alpha value is -1.78. The van der Waals surface area contributed by atoms with Gasteiger partial charge in [-0.3, -0.25) is 4.99 Å². The second kappa shape index (κ2) is 12.0. The molecule has 1 unspecified atom stereocenters. The summed E-state index contributed by atoms with van der Waals surface area (Å²) in [6.45, 7) is 3.29. The number of halogens is 4. The zero-order valence-corrected chi connectivity index (χ0v) is 17.0. The third kappa shape index (κ3) is 8.63. The van der Waals surface area contributed by atoms with E-state index in [2.05, 4.69) is 20.6 Å². The number of guanidine groups is 1. The standard InChI is InChI=1S/C18H26ClF3N4O3/c1-23-17(24-5-3-7-27-12-14-4-2-8-28-14)25-6-9-29-16-15(19)10-13(11-26-16)18(20,21)22/h10-11,14H,2-9,12H2,1H3,(H2,23,24,25). The van der Waals surface area contributed by atoms with Crippen LogP contribution in [0.2, 0.25) is 5.02 Å². The molecule has 0 bridgehead atoms. The number of hydrogen-bond acceptors (Lipinski definition) is 5. The van der Waals surface area contributed by atoms with E-state index in [0.29, 0.717) is 38.5 Å². The number of aromatic nitrogens is 1. The Morgan fingerprint density at radius 3 is 2.79 bits per heavy atom. The summed E-state index contributed by atoms with van der Waals surface area (Å²) in [5.74, 6) is 0.534. The van der Waals surface area contributed by atoms with Crippen molar-refractivity contribution >= 4 is 17.6 Å². The summed E-state index contributed by atoms with van der Waals surface area (Å²) in [6.07, 6.45) is -0.605. The Bertz CT molecular complexity index is 656. The van der Waals surface area contributed by atoms with Crippen LogP contribution in [-0.4, -0.2) is 63.6 Å². The first-order valence-corrected chi connectivity index (χ1v) is 9.77. The van der Waals surface area contributed by atoms with Gasteiger partial charge in [-0.05, 0) is 25.3 Å². The van der Waals surface area contributed by atoms with E-state index < -0.39 is 11.7 Å². The second-order valence-electron chi connectivity index (χ2n) is 6.35. The van der Waals surface area contributed by atoms with Gasteiger partial charge in [-0.15, -0.1) is 0 Å². The molecule has 11 heteroatoms. The van der Waals surface area contributed by atoms with Crippen molar-refractivity contribution < 1.29 is 27.4 Å². The molecule has 1 aromatic rings. The number of rotatable bonds is 10. The lowest BCUT2D eigenvalue weighted by atomic mass is 10.2. The third-order valence-electron chi connectivity index (χ3n) is 4.08. The number of pyridine rings is 1. The van der Waals surface area contributed by atoms with Crippen LogP contribution in [0.4, 0.5) is 13.2 Å². The quantitative estimate of drug-likeness (QED) is 0.332. The molecule has 1 fully saturated rings. The SMILES string of the molecule is CN=C(NCCCOCC1CCCO1)NCCOc1ncc(C(F)(F)F)cc1Cl. The van der Waals surface area contributed by atoms with Crippen LogP contribution in [0.25, 0.3) is 0 Å². The largest absolute Gasteiger partial charge is 0.475 e. The molecule has 0 saturated carbocycles. The zero-order chi connectivity index (χ0) is 21.1.